The number of nitro benzene ring substituents is 1. The van der Waals surface area contributed by atoms with Gasteiger partial charge in [0.05, 0.1) is 37.6 Å². The fourth-order valence-corrected chi connectivity index (χ4v) is 5.54. The quantitative estimate of drug-likeness (QED) is 0.107. The number of rotatable bonds is 19. The number of carboxylic acid groups (broad SMARTS) is 5. The molecule has 0 heterocycles. The molecule has 1 aromatic carbocycles. The second-order valence-electron chi connectivity index (χ2n) is 10.4. The highest BCUT2D eigenvalue weighted by molar-refractivity contribution is 5.73. The van der Waals surface area contributed by atoms with Crippen molar-refractivity contribution in [1.82, 2.24) is 14.7 Å². The molecular weight excluding hydrogens is 560 g/mol. The summed E-state index contributed by atoms with van der Waals surface area (Å²) in [4.78, 5) is 72.6. The summed E-state index contributed by atoms with van der Waals surface area (Å²) >= 11 is 0. The molecule has 16 nitrogen and oxygen atoms in total. The molecular formula is C26H36N4O12. The van der Waals surface area contributed by atoms with Gasteiger partial charge in [0, 0.05) is 37.3 Å². The van der Waals surface area contributed by atoms with E-state index in [1.54, 1.807) is 0 Å². The summed E-state index contributed by atoms with van der Waals surface area (Å²) in [5.41, 5.74) is 0.359. The Morgan fingerprint density at radius 1 is 0.786 bits per heavy atom. The summed E-state index contributed by atoms with van der Waals surface area (Å²) in [6.07, 6.45) is 2.60. The standard InChI is InChI=1S/C26H36N4O12/c31-22(32)12-27(10-18-3-1-2-4-21(18)29(15-25(37)38)16-26(39)40)11-20(28(13-23(33)34)14-24(35)36)9-17-5-7-19(8-6-17)30(41)42/h5-8,18,20-21H,1-4,9-16H2,(H,31,32)(H,33,34)(H,35,36)(H,37,38)(H,39,40). The third-order valence-electron chi connectivity index (χ3n) is 7.15. The van der Waals surface area contributed by atoms with Crippen molar-refractivity contribution in [2.45, 2.75) is 44.2 Å². The average Bonchev–Trinajstić information content (AvgIpc) is 2.86. The average molecular weight is 597 g/mol. The summed E-state index contributed by atoms with van der Waals surface area (Å²) in [5.74, 6) is -6.54. The minimum Gasteiger partial charge on any atom is -0.480 e. The molecule has 2 rings (SSSR count). The van der Waals surface area contributed by atoms with Gasteiger partial charge in [-0.3, -0.25) is 48.8 Å². The van der Waals surface area contributed by atoms with Gasteiger partial charge in [0.1, 0.15) is 0 Å². The van der Waals surface area contributed by atoms with Crippen LogP contribution in [0.4, 0.5) is 5.69 Å². The van der Waals surface area contributed by atoms with Crippen molar-refractivity contribution < 1.29 is 54.4 Å². The molecule has 1 fully saturated rings. The predicted molar refractivity (Wildman–Crippen MR) is 144 cm³/mol. The van der Waals surface area contributed by atoms with Gasteiger partial charge in [-0.2, -0.15) is 0 Å². The number of carboxylic acids is 5. The lowest BCUT2D eigenvalue weighted by Gasteiger charge is -2.42. The molecule has 1 aliphatic carbocycles. The number of hydrogen-bond donors (Lipinski definition) is 5. The first-order chi connectivity index (χ1) is 19.7. The maximum atomic E-state index is 11.9. The number of non-ortho nitro benzene ring substituents is 1. The van der Waals surface area contributed by atoms with Crippen LogP contribution in [0.5, 0.6) is 0 Å². The van der Waals surface area contributed by atoms with Gasteiger partial charge in [0.15, 0.2) is 0 Å². The van der Waals surface area contributed by atoms with Crippen LogP contribution in [0.25, 0.3) is 0 Å². The van der Waals surface area contributed by atoms with Crippen molar-refractivity contribution in [1.29, 1.82) is 0 Å². The van der Waals surface area contributed by atoms with Crippen LogP contribution in [0, 0.1) is 16.0 Å². The number of benzene rings is 1. The summed E-state index contributed by atoms with van der Waals surface area (Å²) in [6, 6.07) is 4.12. The Balaban J connectivity index is 2.41. The Labute approximate surface area is 240 Å². The number of hydrogen-bond acceptors (Lipinski definition) is 10. The first kappa shape index (κ1) is 34.1. The van der Waals surface area contributed by atoms with Crippen molar-refractivity contribution >= 4 is 35.5 Å². The Morgan fingerprint density at radius 2 is 1.29 bits per heavy atom. The molecule has 0 radical (unpaired) electrons. The van der Waals surface area contributed by atoms with Gasteiger partial charge in [0.2, 0.25) is 0 Å². The number of nitrogens with zero attached hydrogens (tertiary/aromatic N) is 4. The van der Waals surface area contributed by atoms with Crippen molar-refractivity contribution in [2.24, 2.45) is 5.92 Å². The zero-order chi connectivity index (χ0) is 31.4. The molecule has 16 heteroatoms. The SMILES string of the molecule is O=C(O)CN(CC1CCCCC1N(CC(=O)O)CC(=O)O)CC(Cc1ccc([N+](=O)[O-])cc1)N(CC(=O)O)CC(=O)O. The van der Waals surface area contributed by atoms with E-state index in [0.717, 1.165) is 12.8 Å². The maximum Gasteiger partial charge on any atom is 0.317 e. The number of carbonyl (C=O) groups is 5. The van der Waals surface area contributed by atoms with Crippen molar-refractivity contribution in [2.75, 3.05) is 45.8 Å². The van der Waals surface area contributed by atoms with Gasteiger partial charge in [-0.25, -0.2) is 0 Å². The van der Waals surface area contributed by atoms with E-state index in [0.29, 0.717) is 18.4 Å². The summed E-state index contributed by atoms with van der Waals surface area (Å²) in [7, 11) is 0. The highest BCUT2D eigenvalue weighted by Crippen LogP contribution is 2.30. The zero-order valence-corrected chi connectivity index (χ0v) is 22.9. The summed E-state index contributed by atoms with van der Waals surface area (Å²) in [6.45, 7) is -2.83. The Kier molecular flexibility index (Phi) is 13.2. The highest BCUT2D eigenvalue weighted by atomic mass is 16.6. The minimum atomic E-state index is -1.31. The van der Waals surface area contributed by atoms with Crippen LogP contribution in [-0.4, -0.2) is 133 Å². The first-order valence-corrected chi connectivity index (χ1v) is 13.3. The van der Waals surface area contributed by atoms with E-state index < -0.39 is 79.6 Å². The normalized spacial score (nSPS) is 17.7. The van der Waals surface area contributed by atoms with Gasteiger partial charge in [0.25, 0.3) is 5.69 Å². The van der Waals surface area contributed by atoms with E-state index in [-0.39, 0.29) is 31.1 Å². The van der Waals surface area contributed by atoms with E-state index in [2.05, 4.69) is 0 Å². The van der Waals surface area contributed by atoms with Crippen molar-refractivity contribution in [3.63, 3.8) is 0 Å². The van der Waals surface area contributed by atoms with Crippen molar-refractivity contribution in [3.05, 3.63) is 39.9 Å². The number of aliphatic carboxylic acids is 5. The van der Waals surface area contributed by atoms with Gasteiger partial charge in [-0.15, -0.1) is 0 Å². The molecule has 232 valence electrons. The van der Waals surface area contributed by atoms with Gasteiger partial charge >= 0.3 is 29.8 Å². The molecule has 0 bridgehead atoms. The van der Waals surface area contributed by atoms with Crippen LogP contribution in [0.3, 0.4) is 0 Å². The molecule has 1 aliphatic rings. The monoisotopic (exact) mass is 596 g/mol. The molecule has 1 saturated carbocycles. The fourth-order valence-electron chi connectivity index (χ4n) is 5.54. The fraction of sp³-hybridized carbons (Fsp3) is 0.577. The molecule has 5 N–H and O–H groups in total. The van der Waals surface area contributed by atoms with E-state index in [9.17, 15) is 59.6 Å². The van der Waals surface area contributed by atoms with Gasteiger partial charge < -0.3 is 25.5 Å². The first-order valence-electron chi connectivity index (χ1n) is 13.3. The van der Waals surface area contributed by atoms with Crippen LogP contribution in [0.2, 0.25) is 0 Å². The third kappa shape index (κ3) is 11.8. The third-order valence-corrected chi connectivity index (χ3v) is 7.15. The largest absolute Gasteiger partial charge is 0.480 e. The highest BCUT2D eigenvalue weighted by Gasteiger charge is 2.35. The van der Waals surface area contributed by atoms with Gasteiger partial charge in [-0.1, -0.05) is 25.0 Å². The van der Waals surface area contributed by atoms with Crippen LogP contribution in [0.15, 0.2) is 24.3 Å². The van der Waals surface area contributed by atoms with Crippen LogP contribution < -0.4 is 0 Å². The Morgan fingerprint density at radius 3 is 1.76 bits per heavy atom. The van der Waals surface area contributed by atoms with Crippen LogP contribution in [-0.2, 0) is 30.4 Å². The number of nitro groups is 1. The second-order valence-corrected chi connectivity index (χ2v) is 10.4. The predicted octanol–water partition coefficient (Wildman–Crippen LogP) is 0.394. The molecule has 3 atom stereocenters. The minimum absolute atomic E-state index is 0.0485. The summed E-state index contributed by atoms with van der Waals surface area (Å²) in [5, 5.41) is 58.4. The van der Waals surface area contributed by atoms with E-state index in [1.807, 2.05) is 0 Å². The molecule has 0 saturated heterocycles. The Hall–Kier alpha value is -4.15. The molecule has 42 heavy (non-hydrogen) atoms. The molecule has 0 aromatic heterocycles. The molecule has 0 amide bonds. The van der Waals surface area contributed by atoms with E-state index in [1.165, 1.54) is 39.0 Å². The lowest BCUT2D eigenvalue weighted by Crippen LogP contribution is -2.53. The smallest absolute Gasteiger partial charge is 0.317 e. The Bertz CT molecular complexity index is 1100. The zero-order valence-electron chi connectivity index (χ0n) is 22.9. The maximum absolute atomic E-state index is 11.9. The lowest BCUT2D eigenvalue weighted by atomic mass is 9.82. The van der Waals surface area contributed by atoms with Crippen LogP contribution >= 0.6 is 0 Å². The topological polar surface area (TPSA) is 239 Å². The molecule has 0 aliphatic heterocycles. The van der Waals surface area contributed by atoms with Crippen LogP contribution in [0.1, 0.15) is 31.2 Å². The van der Waals surface area contributed by atoms with E-state index in [4.69, 9.17) is 0 Å². The van der Waals surface area contributed by atoms with Crippen molar-refractivity contribution in [3.8, 4) is 0 Å². The molecule has 0 spiro atoms. The molecule has 3 unspecified atom stereocenters. The van der Waals surface area contributed by atoms with E-state index >= 15 is 0 Å². The van der Waals surface area contributed by atoms with Gasteiger partial charge in [-0.05, 0) is 30.7 Å². The lowest BCUT2D eigenvalue weighted by molar-refractivity contribution is -0.384. The molecule has 1 aromatic rings. The second kappa shape index (κ2) is 16.3. The summed E-state index contributed by atoms with van der Waals surface area (Å²) < 4.78 is 0.